The number of alkyl halides is 3. The number of anilines is 2. The Balaban J connectivity index is 1.36. The number of ether oxygens (including phenoxy) is 2. The van der Waals surface area contributed by atoms with Crippen LogP contribution in [-0.2, 0) is 13.3 Å². The highest BCUT2D eigenvalue weighted by Crippen LogP contribution is 2.25. The Morgan fingerprint density at radius 3 is 2.41 bits per heavy atom. The van der Waals surface area contributed by atoms with Crippen molar-refractivity contribution in [1.82, 2.24) is 14.5 Å². The van der Waals surface area contributed by atoms with Crippen LogP contribution in [0.5, 0.6) is 11.5 Å². The second kappa shape index (κ2) is 8.59. The molecule has 9 nitrogen and oxygen atoms in total. The highest BCUT2D eigenvalue weighted by molar-refractivity contribution is 5.74. The molecule has 0 saturated heterocycles. The van der Waals surface area contributed by atoms with Crippen LogP contribution in [-0.4, -0.2) is 26.0 Å². The summed E-state index contributed by atoms with van der Waals surface area (Å²) in [7, 11) is 0. The van der Waals surface area contributed by atoms with Crippen molar-refractivity contribution < 1.29 is 32.2 Å². The standard InChI is InChI=1S/C20H15F3N4O5/c21-20(22,23)32-14-3-1-13(2-4-14)26-18-24-8-12(9-25-18)10-30-15-5-6-16-17(7-15)31-19(29)27(16)11-28/h1-9,28H,10-11H2,(H,24,25,26). The maximum absolute atomic E-state index is 12.2. The van der Waals surface area contributed by atoms with Gasteiger partial charge >= 0.3 is 12.1 Å². The lowest BCUT2D eigenvalue weighted by Gasteiger charge is -2.10. The molecule has 0 fully saturated rings. The van der Waals surface area contributed by atoms with E-state index in [0.29, 0.717) is 22.5 Å². The Hall–Kier alpha value is -4.06. The van der Waals surface area contributed by atoms with Crippen molar-refractivity contribution in [1.29, 1.82) is 0 Å². The molecule has 2 heterocycles. The molecule has 0 spiro atoms. The van der Waals surface area contributed by atoms with Crippen molar-refractivity contribution in [2.45, 2.75) is 19.7 Å². The van der Waals surface area contributed by atoms with Gasteiger partial charge in [0, 0.05) is 29.7 Å². The second-order valence-corrected chi connectivity index (χ2v) is 6.47. The molecule has 2 aromatic carbocycles. The number of benzene rings is 2. The van der Waals surface area contributed by atoms with Gasteiger partial charge in [-0.3, -0.25) is 4.57 Å². The van der Waals surface area contributed by atoms with E-state index in [0.717, 1.165) is 4.57 Å². The molecule has 0 aliphatic heterocycles. The highest BCUT2D eigenvalue weighted by Gasteiger charge is 2.30. The lowest BCUT2D eigenvalue weighted by atomic mass is 10.3. The Morgan fingerprint density at radius 1 is 1.06 bits per heavy atom. The van der Waals surface area contributed by atoms with Crippen LogP contribution in [0.1, 0.15) is 5.56 Å². The van der Waals surface area contributed by atoms with Gasteiger partial charge < -0.3 is 24.3 Å². The molecule has 0 radical (unpaired) electrons. The monoisotopic (exact) mass is 448 g/mol. The summed E-state index contributed by atoms with van der Waals surface area (Å²) < 4.78 is 52.2. The number of halogens is 3. The first-order valence-corrected chi connectivity index (χ1v) is 9.11. The van der Waals surface area contributed by atoms with Crippen molar-refractivity contribution >= 4 is 22.7 Å². The van der Waals surface area contributed by atoms with E-state index in [-0.39, 0.29) is 23.9 Å². The van der Waals surface area contributed by atoms with Crippen LogP contribution in [0.25, 0.3) is 11.1 Å². The maximum Gasteiger partial charge on any atom is 0.573 e. The van der Waals surface area contributed by atoms with Gasteiger partial charge in [0.2, 0.25) is 5.95 Å². The minimum atomic E-state index is -4.75. The second-order valence-electron chi connectivity index (χ2n) is 6.47. The number of aliphatic hydroxyl groups is 1. The summed E-state index contributed by atoms with van der Waals surface area (Å²) in [6.45, 7) is -0.352. The summed E-state index contributed by atoms with van der Waals surface area (Å²) in [5.74, 6) is -0.313. The molecule has 4 aromatic rings. The van der Waals surface area contributed by atoms with E-state index in [1.807, 2.05) is 0 Å². The van der Waals surface area contributed by atoms with Gasteiger partial charge in [-0.2, -0.15) is 0 Å². The van der Waals surface area contributed by atoms with Gasteiger partial charge in [-0.05, 0) is 36.4 Å². The van der Waals surface area contributed by atoms with Crippen LogP contribution in [0, 0.1) is 0 Å². The zero-order valence-electron chi connectivity index (χ0n) is 16.2. The lowest BCUT2D eigenvalue weighted by molar-refractivity contribution is -0.274. The molecule has 32 heavy (non-hydrogen) atoms. The normalized spacial score (nSPS) is 11.5. The van der Waals surface area contributed by atoms with Crippen LogP contribution in [0.15, 0.2) is 64.1 Å². The van der Waals surface area contributed by atoms with Crippen LogP contribution < -0.4 is 20.5 Å². The fraction of sp³-hybridized carbons (Fsp3) is 0.150. The van der Waals surface area contributed by atoms with Crippen molar-refractivity contribution in [3.05, 3.63) is 71.0 Å². The van der Waals surface area contributed by atoms with Crippen molar-refractivity contribution in [3.8, 4) is 11.5 Å². The summed E-state index contributed by atoms with van der Waals surface area (Å²) in [6, 6.07) is 9.91. The van der Waals surface area contributed by atoms with Crippen molar-refractivity contribution in [2.75, 3.05) is 5.32 Å². The van der Waals surface area contributed by atoms with Gasteiger partial charge in [0.05, 0.1) is 5.52 Å². The number of nitrogens with zero attached hydrogens (tertiary/aromatic N) is 3. The third-order valence-electron chi connectivity index (χ3n) is 4.24. The van der Waals surface area contributed by atoms with Gasteiger partial charge in [0.25, 0.3) is 0 Å². The first-order valence-electron chi connectivity index (χ1n) is 9.11. The molecule has 0 aliphatic rings. The van der Waals surface area contributed by atoms with Gasteiger partial charge in [0.15, 0.2) is 5.58 Å². The van der Waals surface area contributed by atoms with E-state index >= 15 is 0 Å². The van der Waals surface area contributed by atoms with E-state index in [4.69, 9.17) is 9.15 Å². The number of oxazole rings is 1. The zero-order chi connectivity index (χ0) is 22.7. The summed E-state index contributed by atoms with van der Waals surface area (Å²) in [5, 5.41) is 12.1. The fourth-order valence-corrected chi connectivity index (χ4v) is 2.80. The third-order valence-corrected chi connectivity index (χ3v) is 4.24. The Kier molecular flexibility index (Phi) is 5.69. The molecule has 0 bridgehead atoms. The summed E-state index contributed by atoms with van der Waals surface area (Å²) in [6.07, 6.45) is -1.70. The molecule has 2 aromatic heterocycles. The van der Waals surface area contributed by atoms with Crippen LogP contribution in [0.4, 0.5) is 24.8 Å². The molecule has 0 saturated carbocycles. The lowest BCUT2D eigenvalue weighted by Crippen LogP contribution is -2.17. The average molecular weight is 448 g/mol. The van der Waals surface area contributed by atoms with Crippen molar-refractivity contribution in [2.24, 2.45) is 0 Å². The molecular weight excluding hydrogens is 433 g/mol. The Labute approximate surface area is 177 Å². The van der Waals surface area contributed by atoms with E-state index in [1.165, 1.54) is 42.7 Å². The van der Waals surface area contributed by atoms with E-state index in [9.17, 15) is 23.1 Å². The molecule has 0 atom stereocenters. The molecule has 0 amide bonds. The van der Waals surface area contributed by atoms with Crippen LogP contribution >= 0.6 is 0 Å². The van der Waals surface area contributed by atoms with Crippen LogP contribution in [0.2, 0.25) is 0 Å². The average Bonchev–Trinajstić information content (AvgIpc) is 3.07. The summed E-state index contributed by atoms with van der Waals surface area (Å²) >= 11 is 0. The minimum absolute atomic E-state index is 0.139. The summed E-state index contributed by atoms with van der Waals surface area (Å²) in [4.78, 5) is 19.9. The Morgan fingerprint density at radius 2 is 1.75 bits per heavy atom. The molecule has 4 rings (SSSR count). The van der Waals surface area contributed by atoms with Gasteiger partial charge in [0.1, 0.15) is 24.8 Å². The van der Waals surface area contributed by atoms with Gasteiger partial charge in [-0.25, -0.2) is 14.8 Å². The topological polar surface area (TPSA) is 112 Å². The molecule has 166 valence electrons. The van der Waals surface area contributed by atoms with Crippen LogP contribution in [0.3, 0.4) is 0 Å². The number of aliphatic hydroxyl groups excluding tert-OH is 1. The molecule has 0 aliphatic carbocycles. The summed E-state index contributed by atoms with van der Waals surface area (Å²) in [5.41, 5.74) is 1.86. The maximum atomic E-state index is 12.2. The van der Waals surface area contributed by atoms with E-state index < -0.39 is 18.8 Å². The predicted molar refractivity (Wildman–Crippen MR) is 105 cm³/mol. The fourth-order valence-electron chi connectivity index (χ4n) is 2.80. The Bertz CT molecular complexity index is 1270. The number of aromatic nitrogens is 3. The number of nitrogens with one attached hydrogen (secondary N) is 1. The van der Waals surface area contributed by atoms with E-state index in [2.05, 4.69) is 20.0 Å². The minimum Gasteiger partial charge on any atom is -0.489 e. The predicted octanol–water partition coefficient (Wildman–Crippen LogP) is 3.56. The SMILES string of the molecule is O=c1oc2cc(OCc3cnc(Nc4ccc(OC(F)(F)F)cc4)nc3)ccc2n1CO. The third kappa shape index (κ3) is 4.98. The molecule has 2 N–H and O–H groups in total. The number of hydrogen-bond acceptors (Lipinski definition) is 8. The smallest absolute Gasteiger partial charge is 0.489 e. The van der Waals surface area contributed by atoms with Gasteiger partial charge in [-0.15, -0.1) is 13.2 Å². The molecular formula is C20H15F3N4O5. The quantitative estimate of drug-likeness (QED) is 0.442. The zero-order valence-corrected chi connectivity index (χ0v) is 16.2. The van der Waals surface area contributed by atoms with Gasteiger partial charge in [-0.1, -0.05) is 0 Å². The first-order chi connectivity index (χ1) is 15.3. The molecule has 12 heteroatoms. The largest absolute Gasteiger partial charge is 0.573 e. The van der Waals surface area contributed by atoms with E-state index in [1.54, 1.807) is 12.1 Å². The number of rotatable bonds is 7. The number of fused-ring (bicyclic) bond motifs is 1. The molecule has 0 unspecified atom stereocenters. The highest BCUT2D eigenvalue weighted by atomic mass is 19.4. The van der Waals surface area contributed by atoms with Crippen molar-refractivity contribution in [3.63, 3.8) is 0 Å². The number of hydrogen-bond donors (Lipinski definition) is 2. The first kappa shape index (κ1) is 21.2.